The van der Waals surface area contributed by atoms with Crippen LogP contribution in [0.3, 0.4) is 0 Å². The molecule has 1 aromatic heterocycles. The first-order valence-corrected chi connectivity index (χ1v) is 4.98. The Hall–Kier alpha value is -0.810. The maximum absolute atomic E-state index is 9.77. The van der Waals surface area contributed by atoms with Crippen molar-refractivity contribution in [2.24, 2.45) is 5.92 Å². The van der Waals surface area contributed by atoms with Gasteiger partial charge in [-0.25, -0.2) is 9.97 Å². The summed E-state index contributed by atoms with van der Waals surface area (Å²) in [7, 11) is 0. The molecular formula is C9H15N3OS. The van der Waals surface area contributed by atoms with Gasteiger partial charge in [0.25, 0.3) is 0 Å². The second-order valence-corrected chi connectivity index (χ2v) is 3.81. The molecule has 14 heavy (non-hydrogen) atoms. The highest BCUT2D eigenvalue weighted by Gasteiger charge is 2.11. The quantitative estimate of drug-likeness (QED) is 0.668. The van der Waals surface area contributed by atoms with E-state index in [1.165, 1.54) is 6.33 Å². The Bertz CT molecular complexity index is 293. The molecule has 0 bridgehead atoms. The van der Waals surface area contributed by atoms with Crippen molar-refractivity contribution in [2.75, 3.05) is 4.72 Å². The van der Waals surface area contributed by atoms with E-state index in [-0.39, 0.29) is 0 Å². The van der Waals surface area contributed by atoms with Crippen molar-refractivity contribution in [3.05, 3.63) is 18.1 Å². The summed E-state index contributed by atoms with van der Waals surface area (Å²) in [4.78, 5) is 7.91. The van der Waals surface area contributed by atoms with Gasteiger partial charge in [-0.1, -0.05) is 26.7 Å². The van der Waals surface area contributed by atoms with Gasteiger partial charge < -0.3 is 9.83 Å². The van der Waals surface area contributed by atoms with E-state index < -0.39 is 6.10 Å². The molecule has 0 aromatic carbocycles. The number of hydrogen-bond donors (Lipinski definition) is 3. The fourth-order valence-corrected chi connectivity index (χ4v) is 1.31. The largest absolute Gasteiger partial charge is 0.387 e. The maximum Gasteiger partial charge on any atom is 0.139 e. The van der Waals surface area contributed by atoms with Gasteiger partial charge in [-0.2, -0.15) is 0 Å². The van der Waals surface area contributed by atoms with Crippen molar-refractivity contribution in [1.29, 1.82) is 0 Å². The molecule has 0 aliphatic heterocycles. The molecule has 78 valence electrons. The summed E-state index contributed by atoms with van der Waals surface area (Å²) in [5.41, 5.74) is 0.630. The van der Waals surface area contributed by atoms with Crippen LogP contribution in [-0.2, 0) is 0 Å². The molecule has 1 atom stereocenters. The Kier molecular flexibility index (Phi) is 4.16. The Morgan fingerprint density at radius 1 is 1.50 bits per heavy atom. The lowest BCUT2D eigenvalue weighted by molar-refractivity contribution is 0.146. The molecule has 0 saturated carbocycles. The summed E-state index contributed by atoms with van der Waals surface area (Å²) in [6.07, 6.45) is 1.58. The topological polar surface area (TPSA) is 58.0 Å². The van der Waals surface area contributed by atoms with Crippen LogP contribution in [0.25, 0.3) is 0 Å². The molecule has 0 spiro atoms. The van der Waals surface area contributed by atoms with Crippen LogP contribution in [0, 0.1) is 5.92 Å². The second kappa shape index (κ2) is 5.17. The predicted octanol–water partition coefficient (Wildman–Crippen LogP) is 1.81. The van der Waals surface area contributed by atoms with E-state index in [1.54, 1.807) is 6.07 Å². The van der Waals surface area contributed by atoms with Gasteiger partial charge in [-0.3, -0.25) is 0 Å². The molecule has 5 heteroatoms. The summed E-state index contributed by atoms with van der Waals surface area (Å²) in [5, 5.41) is 9.77. The highest BCUT2D eigenvalue weighted by atomic mass is 32.1. The average Bonchev–Trinajstić information content (AvgIpc) is 2.17. The van der Waals surface area contributed by atoms with E-state index >= 15 is 0 Å². The van der Waals surface area contributed by atoms with Gasteiger partial charge in [0, 0.05) is 6.07 Å². The molecular weight excluding hydrogens is 198 g/mol. The molecule has 0 aliphatic rings. The molecule has 1 aromatic rings. The lowest BCUT2D eigenvalue weighted by atomic mass is 10.0. The monoisotopic (exact) mass is 213 g/mol. The summed E-state index contributed by atoms with van der Waals surface area (Å²) < 4.78 is 2.61. The zero-order chi connectivity index (χ0) is 10.6. The zero-order valence-electron chi connectivity index (χ0n) is 8.31. The third-order valence-corrected chi connectivity index (χ3v) is 2.07. The fourth-order valence-electron chi connectivity index (χ4n) is 1.18. The highest BCUT2D eigenvalue weighted by Crippen LogP contribution is 2.20. The van der Waals surface area contributed by atoms with Crippen molar-refractivity contribution in [3.63, 3.8) is 0 Å². The third kappa shape index (κ3) is 3.16. The normalized spacial score (nSPS) is 12.9. The maximum atomic E-state index is 9.77. The number of hydrogen-bond acceptors (Lipinski definition) is 5. The number of nitrogens with one attached hydrogen (secondary N) is 1. The van der Waals surface area contributed by atoms with E-state index in [0.717, 1.165) is 0 Å². The standard InChI is InChI=1S/C9H15N3OS/c1-6(2)3-8(13)7-4-9(12-14)11-5-10-7/h4-6,8,13-14H,3H2,1-2H3,(H,10,11,12). The average molecular weight is 213 g/mol. The van der Waals surface area contributed by atoms with Crippen LogP contribution in [0.4, 0.5) is 5.82 Å². The summed E-state index contributed by atoms with van der Waals surface area (Å²) in [6.45, 7) is 4.12. The lowest BCUT2D eigenvalue weighted by Gasteiger charge is -2.12. The summed E-state index contributed by atoms with van der Waals surface area (Å²) >= 11 is 3.87. The molecule has 0 amide bonds. The molecule has 0 radical (unpaired) electrons. The van der Waals surface area contributed by atoms with Crippen molar-refractivity contribution in [3.8, 4) is 0 Å². The Labute approximate surface area is 89.3 Å². The van der Waals surface area contributed by atoms with Crippen LogP contribution in [0.1, 0.15) is 32.1 Å². The minimum Gasteiger partial charge on any atom is -0.387 e. The van der Waals surface area contributed by atoms with Crippen LogP contribution in [0.15, 0.2) is 12.4 Å². The number of aliphatic hydroxyl groups is 1. The molecule has 0 saturated heterocycles. The van der Waals surface area contributed by atoms with Crippen molar-refractivity contribution in [2.45, 2.75) is 26.4 Å². The fraction of sp³-hybridized carbons (Fsp3) is 0.556. The molecule has 0 fully saturated rings. The van der Waals surface area contributed by atoms with E-state index in [2.05, 4.69) is 41.4 Å². The van der Waals surface area contributed by atoms with Crippen molar-refractivity contribution < 1.29 is 5.11 Å². The number of aromatic nitrogens is 2. The van der Waals surface area contributed by atoms with Gasteiger partial charge >= 0.3 is 0 Å². The van der Waals surface area contributed by atoms with Gasteiger partial charge in [0.05, 0.1) is 11.8 Å². The second-order valence-electron chi connectivity index (χ2n) is 3.59. The first-order chi connectivity index (χ1) is 6.63. The molecule has 1 rings (SSSR count). The Balaban J connectivity index is 2.73. The Morgan fingerprint density at radius 3 is 2.79 bits per heavy atom. The van der Waals surface area contributed by atoms with Crippen LogP contribution in [-0.4, -0.2) is 15.1 Å². The zero-order valence-corrected chi connectivity index (χ0v) is 9.20. The van der Waals surface area contributed by atoms with Gasteiger partial charge in [-0.15, -0.1) is 0 Å². The number of anilines is 1. The van der Waals surface area contributed by atoms with Crippen LogP contribution in [0.5, 0.6) is 0 Å². The van der Waals surface area contributed by atoms with Crippen LogP contribution in [0.2, 0.25) is 0 Å². The Morgan fingerprint density at radius 2 is 2.21 bits per heavy atom. The van der Waals surface area contributed by atoms with Gasteiger partial charge in [0.15, 0.2) is 0 Å². The van der Waals surface area contributed by atoms with Crippen molar-refractivity contribution in [1.82, 2.24) is 9.97 Å². The molecule has 2 N–H and O–H groups in total. The number of nitrogens with zero attached hydrogens (tertiary/aromatic N) is 2. The highest BCUT2D eigenvalue weighted by molar-refractivity contribution is 7.81. The first-order valence-electron chi connectivity index (χ1n) is 4.53. The SMILES string of the molecule is CC(C)CC(O)c1cc(NS)ncn1. The number of rotatable bonds is 4. The predicted molar refractivity (Wildman–Crippen MR) is 59.1 cm³/mol. The van der Waals surface area contributed by atoms with E-state index in [4.69, 9.17) is 0 Å². The van der Waals surface area contributed by atoms with Gasteiger partial charge in [-0.05, 0) is 12.3 Å². The van der Waals surface area contributed by atoms with Crippen LogP contribution >= 0.6 is 12.8 Å². The summed E-state index contributed by atoms with van der Waals surface area (Å²) in [5.74, 6) is 1.04. The smallest absolute Gasteiger partial charge is 0.139 e. The van der Waals surface area contributed by atoms with E-state index in [1.807, 2.05) is 0 Å². The molecule has 4 nitrogen and oxygen atoms in total. The summed E-state index contributed by atoms with van der Waals surface area (Å²) in [6, 6.07) is 1.69. The number of aliphatic hydroxyl groups excluding tert-OH is 1. The molecule has 1 unspecified atom stereocenters. The first kappa shape index (κ1) is 11.3. The van der Waals surface area contributed by atoms with Crippen LogP contribution < -0.4 is 4.72 Å². The van der Waals surface area contributed by atoms with E-state index in [0.29, 0.717) is 23.9 Å². The minimum atomic E-state index is -0.529. The third-order valence-electron chi connectivity index (χ3n) is 1.84. The van der Waals surface area contributed by atoms with Gasteiger partial charge in [0.2, 0.25) is 0 Å². The molecule has 1 heterocycles. The lowest BCUT2D eigenvalue weighted by Crippen LogP contribution is -2.05. The molecule has 0 aliphatic carbocycles. The van der Waals surface area contributed by atoms with Gasteiger partial charge in [0.1, 0.15) is 12.1 Å². The van der Waals surface area contributed by atoms with E-state index in [9.17, 15) is 5.11 Å². The number of thiol groups is 1. The minimum absolute atomic E-state index is 0.437. The van der Waals surface area contributed by atoms with Crippen molar-refractivity contribution >= 4 is 18.6 Å².